The second kappa shape index (κ2) is 7.61. The summed E-state index contributed by atoms with van der Waals surface area (Å²) in [6.07, 6.45) is -0.763. The number of nitriles is 1. The number of nitrogens with zero attached hydrogens (tertiary/aromatic N) is 1. The first-order chi connectivity index (χ1) is 11.0. The molecule has 2 aromatic carbocycles. The summed E-state index contributed by atoms with van der Waals surface area (Å²) in [4.78, 5) is 12.0. The minimum absolute atomic E-state index is 0.266. The van der Waals surface area contributed by atoms with Gasteiger partial charge in [-0.3, -0.25) is 4.79 Å². The van der Waals surface area contributed by atoms with Gasteiger partial charge in [0.25, 0.3) is 5.91 Å². The van der Waals surface area contributed by atoms with Gasteiger partial charge in [0.1, 0.15) is 11.6 Å². The van der Waals surface area contributed by atoms with Crippen LogP contribution >= 0.6 is 11.6 Å². The van der Waals surface area contributed by atoms with E-state index in [2.05, 4.69) is 5.32 Å². The van der Waals surface area contributed by atoms with Crippen LogP contribution in [0.1, 0.15) is 18.1 Å². The van der Waals surface area contributed by atoms with Gasteiger partial charge in [0, 0.05) is 6.54 Å². The zero-order chi connectivity index (χ0) is 16.8. The molecule has 2 rings (SSSR count). The van der Waals surface area contributed by atoms with Gasteiger partial charge in [-0.05, 0) is 42.8 Å². The van der Waals surface area contributed by atoms with Crippen molar-refractivity contribution in [3.8, 4) is 11.8 Å². The van der Waals surface area contributed by atoms with Crippen molar-refractivity contribution in [3.63, 3.8) is 0 Å². The van der Waals surface area contributed by atoms with Crippen molar-refractivity contribution in [2.24, 2.45) is 0 Å². The molecule has 6 heteroatoms. The molecule has 2 aromatic rings. The number of halogens is 2. The Morgan fingerprint density at radius 3 is 2.65 bits per heavy atom. The molecule has 1 N–H and O–H groups in total. The largest absolute Gasteiger partial charge is 0.479 e. The van der Waals surface area contributed by atoms with Crippen LogP contribution in [0.25, 0.3) is 0 Å². The standard InChI is InChI=1S/C17H14ClFN2O2/c1-11(23-16-7-4-13(9-20)8-15(16)18)17(22)21-10-12-2-5-14(19)6-3-12/h2-8,11H,10H2,1H3,(H,21,22)/t11-/m0/s1. The minimum atomic E-state index is -0.763. The highest BCUT2D eigenvalue weighted by atomic mass is 35.5. The maximum Gasteiger partial charge on any atom is 0.261 e. The van der Waals surface area contributed by atoms with Crippen molar-refractivity contribution in [3.05, 3.63) is 64.4 Å². The summed E-state index contributed by atoms with van der Waals surface area (Å²) in [7, 11) is 0. The van der Waals surface area contributed by atoms with Gasteiger partial charge in [-0.1, -0.05) is 23.7 Å². The Labute approximate surface area is 138 Å². The minimum Gasteiger partial charge on any atom is -0.479 e. The zero-order valence-corrected chi connectivity index (χ0v) is 13.1. The molecule has 23 heavy (non-hydrogen) atoms. The van der Waals surface area contributed by atoms with E-state index in [-0.39, 0.29) is 23.3 Å². The van der Waals surface area contributed by atoms with Crippen molar-refractivity contribution >= 4 is 17.5 Å². The topological polar surface area (TPSA) is 62.1 Å². The zero-order valence-electron chi connectivity index (χ0n) is 12.3. The van der Waals surface area contributed by atoms with Crippen molar-refractivity contribution in [1.29, 1.82) is 5.26 Å². The molecule has 0 aliphatic carbocycles. The summed E-state index contributed by atoms with van der Waals surface area (Å²) in [6.45, 7) is 1.86. The summed E-state index contributed by atoms with van der Waals surface area (Å²) < 4.78 is 18.3. The molecule has 0 spiro atoms. The fraction of sp³-hybridized carbons (Fsp3) is 0.176. The van der Waals surface area contributed by atoms with E-state index in [0.29, 0.717) is 11.3 Å². The lowest BCUT2D eigenvalue weighted by molar-refractivity contribution is -0.127. The first-order valence-corrected chi connectivity index (χ1v) is 7.26. The van der Waals surface area contributed by atoms with Crippen LogP contribution in [0, 0.1) is 17.1 Å². The number of nitrogens with one attached hydrogen (secondary N) is 1. The molecule has 0 saturated heterocycles. The van der Waals surface area contributed by atoms with Gasteiger partial charge in [0.15, 0.2) is 6.10 Å². The van der Waals surface area contributed by atoms with Gasteiger partial charge in [-0.15, -0.1) is 0 Å². The van der Waals surface area contributed by atoms with Crippen LogP contribution in [-0.4, -0.2) is 12.0 Å². The molecular weight excluding hydrogens is 319 g/mol. The van der Waals surface area contributed by atoms with Crippen LogP contribution in [0.4, 0.5) is 4.39 Å². The molecule has 0 saturated carbocycles. The fourth-order valence-corrected chi connectivity index (χ4v) is 2.07. The predicted molar refractivity (Wildman–Crippen MR) is 84.5 cm³/mol. The Bertz CT molecular complexity index is 741. The first-order valence-electron chi connectivity index (χ1n) is 6.88. The Morgan fingerprint density at radius 1 is 1.35 bits per heavy atom. The van der Waals surface area contributed by atoms with Crippen molar-refractivity contribution < 1.29 is 13.9 Å². The van der Waals surface area contributed by atoms with E-state index in [1.165, 1.54) is 18.2 Å². The number of hydrogen-bond donors (Lipinski definition) is 1. The Balaban J connectivity index is 1.92. The number of ether oxygens (including phenoxy) is 1. The average molecular weight is 333 g/mol. The smallest absolute Gasteiger partial charge is 0.261 e. The van der Waals surface area contributed by atoms with Crippen LogP contribution in [0.15, 0.2) is 42.5 Å². The average Bonchev–Trinajstić information content (AvgIpc) is 2.55. The lowest BCUT2D eigenvalue weighted by Gasteiger charge is -2.15. The normalized spacial score (nSPS) is 11.4. The molecule has 1 amide bonds. The maximum atomic E-state index is 12.8. The van der Waals surface area contributed by atoms with Crippen LogP contribution in [0.3, 0.4) is 0 Å². The van der Waals surface area contributed by atoms with Crippen LogP contribution in [0.5, 0.6) is 5.75 Å². The quantitative estimate of drug-likeness (QED) is 0.912. The highest BCUT2D eigenvalue weighted by Crippen LogP contribution is 2.26. The number of carbonyl (C=O) groups excluding carboxylic acids is 1. The summed E-state index contributed by atoms with van der Waals surface area (Å²) in [5.41, 5.74) is 1.19. The summed E-state index contributed by atoms with van der Waals surface area (Å²) in [5, 5.41) is 11.7. The van der Waals surface area contributed by atoms with Crippen molar-refractivity contribution in [2.75, 3.05) is 0 Å². The molecule has 4 nitrogen and oxygen atoms in total. The van der Waals surface area contributed by atoms with E-state index < -0.39 is 6.10 Å². The SMILES string of the molecule is C[C@H](Oc1ccc(C#N)cc1Cl)C(=O)NCc1ccc(F)cc1. The third-order valence-electron chi connectivity index (χ3n) is 3.11. The van der Waals surface area contributed by atoms with E-state index in [0.717, 1.165) is 5.56 Å². The van der Waals surface area contributed by atoms with Crippen molar-refractivity contribution in [2.45, 2.75) is 19.6 Å². The molecule has 0 radical (unpaired) electrons. The molecule has 0 fully saturated rings. The van der Waals surface area contributed by atoms with E-state index in [1.54, 1.807) is 31.2 Å². The Kier molecular flexibility index (Phi) is 5.56. The fourth-order valence-electron chi connectivity index (χ4n) is 1.85. The number of rotatable bonds is 5. The molecule has 0 aliphatic rings. The third-order valence-corrected chi connectivity index (χ3v) is 3.41. The van der Waals surface area contributed by atoms with Gasteiger partial charge in [-0.25, -0.2) is 4.39 Å². The molecule has 1 atom stereocenters. The van der Waals surface area contributed by atoms with Crippen LogP contribution < -0.4 is 10.1 Å². The number of benzene rings is 2. The molecule has 0 heterocycles. The summed E-state index contributed by atoms with van der Waals surface area (Å²) in [6, 6.07) is 12.4. The summed E-state index contributed by atoms with van der Waals surface area (Å²) in [5.74, 6) is -0.322. The second-order valence-corrected chi connectivity index (χ2v) is 5.27. The second-order valence-electron chi connectivity index (χ2n) is 4.86. The van der Waals surface area contributed by atoms with E-state index in [4.69, 9.17) is 21.6 Å². The van der Waals surface area contributed by atoms with Crippen LogP contribution in [-0.2, 0) is 11.3 Å². The van der Waals surface area contributed by atoms with Gasteiger partial charge in [0.2, 0.25) is 0 Å². The molecule has 118 valence electrons. The van der Waals surface area contributed by atoms with Crippen molar-refractivity contribution in [1.82, 2.24) is 5.32 Å². The van der Waals surface area contributed by atoms with Gasteiger partial charge >= 0.3 is 0 Å². The highest BCUT2D eigenvalue weighted by Gasteiger charge is 2.16. The molecule has 0 aromatic heterocycles. The number of hydrogen-bond acceptors (Lipinski definition) is 3. The lowest BCUT2D eigenvalue weighted by atomic mass is 10.2. The monoisotopic (exact) mass is 332 g/mol. The van der Waals surface area contributed by atoms with Gasteiger partial charge in [0.05, 0.1) is 16.7 Å². The Morgan fingerprint density at radius 2 is 2.04 bits per heavy atom. The predicted octanol–water partition coefficient (Wildman–Crippen LogP) is 3.43. The molecule has 0 bridgehead atoms. The Hall–Kier alpha value is -2.58. The van der Waals surface area contributed by atoms with Crippen LogP contribution in [0.2, 0.25) is 5.02 Å². The first kappa shape index (κ1) is 16.8. The van der Waals surface area contributed by atoms with E-state index in [1.807, 2.05) is 6.07 Å². The number of carbonyl (C=O) groups is 1. The third kappa shape index (κ3) is 4.70. The highest BCUT2D eigenvalue weighted by molar-refractivity contribution is 6.32. The van der Waals surface area contributed by atoms with Gasteiger partial charge in [-0.2, -0.15) is 5.26 Å². The molecular formula is C17H14ClFN2O2. The van der Waals surface area contributed by atoms with Gasteiger partial charge < -0.3 is 10.1 Å². The molecule has 0 aliphatic heterocycles. The lowest BCUT2D eigenvalue weighted by Crippen LogP contribution is -2.35. The molecule has 0 unspecified atom stereocenters. The maximum absolute atomic E-state index is 12.8. The van der Waals surface area contributed by atoms with E-state index >= 15 is 0 Å². The van der Waals surface area contributed by atoms with E-state index in [9.17, 15) is 9.18 Å². The number of amides is 1. The summed E-state index contributed by atoms with van der Waals surface area (Å²) >= 11 is 6.00.